The van der Waals surface area contributed by atoms with E-state index in [1.165, 1.54) is 5.56 Å². The minimum absolute atomic E-state index is 0.740. The molecule has 0 fully saturated rings. The zero-order chi connectivity index (χ0) is 13.8. The van der Waals surface area contributed by atoms with E-state index in [1.54, 1.807) is 11.3 Å². The average Bonchev–Trinajstić information content (AvgIpc) is 2.82. The molecule has 1 N–H and O–H groups in total. The number of anilines is 1. The van der Waals surface area contributed by atoms with Gasteiger partial charge in [0.2, 0.25) is 0 Å². The minimum atomic E-state index is 0.740. The zero-order valence-corrected chi connectivity index (χ0v) is 13.0. The lowest BCUT2D eigenvalue weighted by Gasteiger charge is -2.12. The molecule has 0 aliphatic heterocycles. The summed E-state index contributed by atoms with van der Waals surface area (Å²) in [6.45, 7) is 7.24. The van der Waals surface area contributed by atoms with Crippen LogP contribution < -0.4 is 5.32 Å². The lowest BCUT2D eigenvalue weighted by molar-refractivity contribution is 0.939. The summed E-state index contributed by atoms with van der Waals surface area (Å²) in [7, 11) is 0. The smallest absolute Gasteiger partial charge is 0.171 e. The lowest BCUT2D eigenvalue weighted by Crippen LogP contribution is -2.08. The fourth-order valence-corrected chi connectivity index (χ4v) is 2.96. The highest BCUT2D eigenvalue weighted by atomic mass is 35.5. The van der Waals surface area contributed by atoms with Gasteiger partial charge >= 0.3 is 0 Å². The van der Waals surface area contributed by atoms with Gasteiger partial charge in [-0.3, -0.25) is 0 Å². The lowest BCUT2D eigenvalue weighted by atomic mass is 10.1. The normalized spacial score (nSPS) is 10.7. The molecule has 0 aromatic carbocycles. The summed E-state index contributed by atoms with van der Waals surface area (Å²) in [4.78, 5) is 10.3. The number of halogens is 1. The van der Waals surface area contributed by atoms with Gasteiger partial charge in [-0.1, -0.05) is 25.4 Å². The molecule has 2 aromatic rings. The molecule has 0 aliphatic rings. The number of nitrogens with one attached hydrogen (secondary N) is 1. The van der Waals surface area contributed by atoms with E-state index in [2.05, 4.69) is 29.1 Å². The van der Waals surface area contributed by atoms with E-state index in [4.69, 9.17) is 11.6 Å². The molecule has 0 saturated heterocycles. The summed E-state index contributed by atoms with van der Waals surface area (Å²) in [5.41, 5.74) is 2.23. The first kappa shape index (κ1) is 14.3. The van der Waals surface area contributed by atoms with Crippen LogP contribution in [-0.2, 0) is 6.42 Å². The Kier molecular flexibility index (Phi) is 4.77. The quantitative estimate of drug-likeness (QED) is 0.879. The van der Waals surface area contributed by atoms with Crippen molar-refractivity contribution in [1.82, 2.24) is 9.97 Å². The van der Waals surface area contributed by atoms with Crippen molar-refractivity contribution >= 4 is 28.8 Å². The number of aryl methyl sites for hydroxylation is 1. The molecule has 0 aliphatic carbocycles. The van der Waals surface area contributed by atoms with Gasteiger partial charge in [-0.2, -0.15) is 0 Å². The molecule has 0 unspecified atom stereocenters. The third kappa shape index (κ3) is 3.25. The van der Waals surface area contributed by atoms with Crippen molar-refractivity contribution in [3.05, 3.63) is 27.7 Å². The Labute approximate surface area is 123 Å². The predicted molar refractivity (Wildman–Crippen MR) is 83.3 cm³/mol. The van der Waals surface area contributed by atoms with Crippen molar-refractivity contribution < 1.29 is 0 Å². The zero-order valence-electron chi connectivity index (χ0n) is 11.5. The fourth-order valence-electron chi connectivity index (χ4n) is 1.95. The molecule has 0 bridgehead atoms. The van der Waals surface area contributed by atoms with Crippen molar-refractivity contribution in [3.63, 3.8) is 0 Å². The van der Waals surface area contributed by atoms with Gasteiger partial charge in [-0.15, -0.1) is 11.3 Å². The summed E-state index contributed by atoms with van der Waals surface area (Å²) >= 11 is 7.54. The summed E-state index contributed by atoms with van der Waals surface area (Å²) in [5.74, 6) is 1.71. The fraction of sp³-hybridized carbons (Fsp3) is 0.429. The van der Waals surface area contributed by atoms with Gasteiger partial charge in [0.25, 0.3) is 0 Å². The predicted octanol–water partition coefficient (Wildman–Crippen LogP) is 4.55. The van der Waals surface area contributed by atoms with Gasteiger partial charge < -0.3 is 5.32 Å². The average molecular weight is 296 g/mol. The summed E-state index contributed by atoms with van der Waals surface area (Å²) in [5, 5.41) is 6.04. The highest BCUT2D eigenvalue weighted by molar-refractivity contribution is 7.14. The molecule has 2 rings (SSSR count). The van der Waals surface area contributed by atoms with E-state index in [0.717, 1.165) is 46.6 Å². The number of aromatic nitrogens is 2. The molecule has 2 heterocycles. The van der Waals surface area contributed by atoms with Crippen LogP contribution in [0, 0.1) is 6.92 Å². The van der Waals surface area contributed by atoms with Crippen molar-refractivity contribution in [2.75, 3.05) is 11.9 Å². The van der Waals surface area contributed by atoms with Crippen LogP contribution in [0.2, 0.25) is 5.02 Å². The Balaban J connectivity index is 2.43. The van der Waals surface area contributed by atoms with Crippen LogP contribution in [0.5, 0.6) is 0 Å². The standard InChI is InChI=1S/C14H18ClN3S/c1-4-6-16-13-11(5-2)9(3)17-14(18-13)12-7-10(15)8-19-12/h7-8H,4-6H2,1-3H3,(H,16,17,18). The highest BCUT2D eigenvalue weighted by Gasteiger charge is 2.12. The first-order valence-corrected chi connectivity index (χ1v) is 7.77. The molecule has 3 nitrogen and oxygen atoms in total. The van der Waals surface area contributed by atoms with Crippen LogP contribution in [0.15, 0.2) is 11.4 Å². The molecular weight excluding hydrogens is 278 g/mol. The maximum Gasteiger partial charge on any atom is 0.171 e. The van der Waals surface area contributed by atoms with Crippen LogP contribution in [0.1, 0.15) is 31.5 Å². The third-order valence-corrected chi connectivity index (χ3v) is 4.17. The summed E-state index contributed by atoms with van der Waals surface area (Å²) in [6, 6.07) is 1.91. The van der Waals surface area contributed by atoms with E-state index in [0.29, 0.717) is 0 Å². The van der Waals surface area contributed by atoms with Gasteiger partial charge in [-0.25, -0.2) is 9.97 Å². The SMILES string of the molecule is CCCNc1nc(-c2cc(Cl)cs2)nc(C)c1CC. The number of nitrogens with zero attached hydrogens (tertiary/aromatic N) is 2. The Hall–Kier alpha value is -1.13. The Morgan fingerprint density at radius 3 is 2.68 bits per heavy atom. The molecular formula is C14H18ClN3S. The molecule has 102 valence electrons. The molecule has 0 spiro atoms. The van der Waals surface area contributed by atoms with Crippen LogP contribution in [0.25, 0.3) is 10.7 Å². The van der Waals surface area contributed by atoms with Gasteiger partial charge in [0.1, 0.15) is 5.82 Å². The van der Waals surface area contributed by atoms with Crippen LogP contribution >= 0.6 is 22.9 Å². The van der Waals surface area contributed by atoms with E-state index in [-0.39, 0.29) is 0 Å². The molecule has 0 atom stereocenters. The Morgan fingerprint density at radius 1 is 1.32 bits per heavy atom. The van der Waals surface area contributed by atoms with Gasteiger partial charge in [0, 0.05) is 23.2 Å². The second-order valence-corrected chi connectivity index (χ2v) is 5.72. The van der Waals surface area contributed by atoms with E-state index in [9.17, 15) is 0 Å². The van der Waals surface area contributed by atoms with Crippen molar-refractivity contribution in [2.24, 2.45) is 0 Å². The Bertz CT molecular complexity index is 566. The van der Waals surface area contributed by atoms with Crippen LogP contribution in [-0.4, -0.2) is 16.5 Å². The largest absolute Gasteiger partial charge is 0.370 e. The second-order valence-electron chi connectivity index (χ2n) is 4.37. The van der Waals surface area contributed by atoms with Crippen molar-refractivity contribution in [2.45, 2.75) is 33.6 Å². The van der Waals surface area contributed by atoms with Crippen LogP contribution in [0.4, 0.5) is 5.82 Å². The van der Waals surface area contributed by atoms with Crippen molar-refractivity contribution in [1.29, 1.82) is 0 Å². The number of hydrogen-bond donors (Lipinski definition) is 1. The number of thiophene rings is 1. The second kappa shape index (κ2) is 6.35. The van der Waals surface area contributed by atoms with Crippen LogP contribution in [0.3, 0.4) is 0 Å². The third-order valence-electron chi connectivity index (χ3n) is 2.90. The first-order valence-electron chi connectivity index (χ1n) is 6.51. The maximum absolute atomic E-state index is 5.97. The van der Waals surface area contributed by atoms with Gasteiger partial charge in [0.15, 0.2) is 5.82 Å². The summed E-state index contributed by atoms with van der Waals surface area (Å²) in [6.07, 6.45) is 2.01. The van der Waals surface area contributed by atoms with Gasteiger partial charge in [0.05, 0.1) is 9.90 Å². The molecule has 5 heteroatoms. The molecule has 0 amide bonds. The minimum Gasteiger partial charge on any atom is -0.370 e. The highest BCUT2D eigenvalue weighted by Crippen LogP contribution is 2.29. The van der Waals surface area contributed by atoms with Gasteiger partial charge in [-0.05, 0) is 25.8 Å². The molecule has 0 radical (unpaired) electrons. The molecule has 19 heavy (non-hydrogen) atoms. The first-order chi connectivity index (χ1) is 9.15. The van der Waals surface area contributed by atoms with E-state index >= 15 is 0 Å². The molecule has 2 aromatic heterocycles. The molecule has 0 saturated carbocycles. The monoisotopic (exact) mass is 295 g/mol. The number of rotatable bonds is 5. The van der Waals surface area contributed by atoms with E-state index < -0.39 is 0 Å². The van der Waals surface area contributed by atoms with Crippen molar-refractivity contribution in [3.8, 4) is 10.7 Å². The van der Waals surface area contributed by atoms with E-state index in [1.807, 2.05) is 18.4 Å². The maximum atomic E-state index is 5.97. The number of hydrogen-bond acceptors (Lipinski definition) is 4. The Morgan fingerprint density at radius 2 is 2.11 bits per heavy atom. The topological polar surface area (TPSA) is 37.8 Å². The summed E-state index contributed by atoms with van der Waals surface area (Å²) < 4.78 is 0.